The molecule has 0 saturated heterocycles. The van der Waals surface area contributed by atoms with Crippen LogP contribution >= 0.6 is 7.81 Å². The minimum atomic E-state index is -10.7. The Labute approximate surface area is 148 Å². The third-order valence-corrected chi connectivity index (χ3v) is 3.28. The molecule has 0 aliphatic carbocycles. The monoisotopic (exact) mass is 406 g/mol. The van der Waals surface area contributed by atoms with E-state index in [4.69, 9.17) is 0 Å². The first kappa shape index (κ1) is 22.5. The predicted octanol–water partition coefficient (Wildman–Crippen LogP) is 6.25. The second-order valence-electron chi connectivity index (χ2n) is 5.91. The first-order valence-corrected chi connectivity index (χ1v) is 10.5. The van der Waals surface area contributed by atoms with E-state index in [1.807, 2.05) is 6.20 Å². The zero-order valence-corrected chi connectivity index (χ0v) is 16.0. The van der Waals surface area contributed by atoms with Crippen molar-refractivity contribution in [2.75, 3.05) is 0 Å². The van der Waals surface area contributed by atoms with E-state index in [1.165, 1.54) is 5.82 Å². The molecule has 0 aliphatic heterocycles. The van der Waals surface area contributed by atoms with E-state index in [1.54, 1.807) is 0 Å². The first-order chi connectivity index (χ1) is 11.8. The van der Waals surface area contributed by atoms with Crippen LogP contribution in [0.5, 0.6) is 0 Å². The molecule has 0 fully saturated rings. The second-order valence-corrected chi connectivity index (χ2v) is 7.83. The number of hydrogen-bond acceptors (Lipinski definition) is 1. The average molecular weight is 406 g/mol. The Bertz CT molecular complexity index is 670. The topological polar surface area (TPSA) is 26.6 Å². The van der Waals surface area contributed by atoms with Crippen LogP contribution in [0.1, 0.15) is 40.0 Å². The molecule has 0 aliphatic rings. The van der Waals surface area contributed by atoms with Gasteiger partial charge in [0.25, 0.3) is 0 Å². The summed E-state index contributed by atoms with van der Waals surface area (Å²) in [4.78, 5) is 4.58. The van der Waals surface area contributed by atoms with E-state index in [0.29, 0.717) is 0 Å². The second kappa shape index (κ2) is 7.58. The molecule has 0 saturated carbocycles. The van der Waals surface area contributed by atoms with Crippen molar-refractivity contribution in [1.29, 1.82) is 0 Å². The van der Waals surface area contributed by atoms with Crippen LogP contribution < -0.4 is 4.57 Å². The van der Waals surface area contributed by atoms with E-state index >= 15 is 0 Å². The quantitative estimate of drug-likeness (QED) is 0.303. The van der Waals surface area contributed by atoms with E-state index in [2.05, 4.69) is 58.0 Å². The summed E-state index contributed by atoms with van der Waals surface area (Å²) in [5.74, 6) is 2.33. The fraction of sp³-hybridized carbons (Fsp3) is 0.600. The molecule has 11 heteroatoms. The minimum absolute atomic E-state index is 1.03. The van der Waals surface area contributed by atoms with Gasteiger partial charge in [-0.25, -0.2) is 14.1 Å². The van der Waals surface area contributed by atoms with Crippen molar-refractivity contribution in [1.82, 2.24) is 14.1 Å². The van der Waals surface area contributed by atoms with Gasteiger partial charge >= 0.3 is 38.8 Å². The number of nitrogens with zero attached hydrogens (tertiary/aromatic N) is 4. The van der Waals surface area contributed by atoms with Gasteiger partial charge in [0.15, 0.2) is 0 Å². The maximum absolute atomic E-state index is 10.7. The van der Waals surface area contributed by atoms with Crippen LogP contribution in [-0.4, -0.2) is 14.1 Å². The molecule has 2 heterocycles. The molecule has 0 atom stereocenters. The van der Waals surface area contributed by atoms with Crippen LogP contribution in [0.4, 0.5) is 25.2 Å². The van der Waals surface area contributed by atoms with E-state index in [0.717, 1.165) is 44.7 Å². The van der Waals surface area contributed by atoms with Crippen molar-refractivity contribution >= 4 is 7.81 Å². The summed E-state index contributed by atoms with van der Waals surface area (Å²) in [6.45, 7) is 9.75. The summed E-state index contributed by atoms with van der Waals surface area (Å²) in [6.07, 6.45) is 11.8. The van der Waals surface area contributed by atoms with Gasteiger partial charge in [-0.15, -0.1) is 0 Å². The molecule has 0 radical (unpaired) electrons. The first-order valence-electron chi connectivity index (χ1n) is 8.43. The Hall–Kier alpha value is -1.57. The van der Waals surface area contributed by atoms with Gasteiger partial charge in [-0.2, -0.15) is 0 Å². The Balaban J connectivity index is 0.000000412. The molecule has 0 N–H and O–H groups in total. The molecule has 26 heavy (non-hydrogen) atoms. The van der Waals surface area contributed by atoms with Gasteiger partial charge < -0.3 is 4.57 Å². The number of rotatable bonds is 7. The fourth-order valence-electron chi connectivity index (χ4n) is 2.50. The standard InChI is InChI=1S/C15H25N4.F6P/c1-4-8-17-11-7-16-14(17)15-18(9-5-2)12-13-19(15)10-6-3;1-7(2,3,4,5)6/h7,11-13H,4-6,8-10H2,1-3H3;/q+1;-1. The molecule has 0 aromatic carbocycles. The summed E-state index contributed by atoms with van der Waals surface area (Å²) in [7, 11) is -10.7. The zero-order valence-electron chi connectivity index (χ0n) is 15.1. The Morgan fingerprint density at radius 1 is 0.885 bits per heavy atom. The molecule has 0 amide bonds. The van der Waals surface area contributed by atoms with Crippen LogP contribution in [0.2, 0.25) is 0 Å². The molecule has 0 unspecified atom stereocenters. The summed E-state index contributed by atoms with van der Waals surface area (Å²) in [5.41, 5.74) is 0. The summed E-state index contributed by atoms with van der Waals surface area (Å²) >= 11 is 0. The third-order valence-electron chi connectivity index (χ3n) is 3.28. The van der Waals surface area contributed by atoms with Crippen molar-refractivity contribution in [3.8, 4) is 11.6 Å². The molecule has 0 bridgehead atoms. The number of hydrogen-bond donors (Lipinski definition) is 0. The van der Waals surface area contributed by atoms with Gasteiger partial charge in [-0.1, -0.05) is 20.8 Å². The Morgan fingerprint density at radius 2 is 1.42 bits per heavy atom. The van der Waals surface area contributed by atoms with Crippen molar-refractivity contribution < 1.29 is 29.7 Å². The molecule has 152 valence electrons. The molecule has 2 rings (SSSR count). The maximum atomic E-state index is 9.87. The molecule has 2 aromatic rings. The normalized spacial score (nSPS) is 14.3. The molecule has 0 spiro atoms. The number of aromatic nitrogens is 4. The zero-order chi connectivity index (χ0) is 20.1. The van der Waals surface area contributed by atoms with Crippen molar-refractivity contribution in [2.24, 2.45) is 0 Å². The third kappa shape index (κ3) is 8.69. The van der Waals surface area contributed by atoms with Gasteiger partial charge in [0, 0.05) is 18.9 Å². The molecule has 4 nitrogen and oxygen atoms in total. The number of imidazole rings is 2. The summed E-state index contributed by atoms with van der Waals surface area (Å²) in [6, 6.07) is 0. The van der Waals surface area contributed by atoms with Crippen molar-refractivity contribution in [2.45, 2.75) is 59.7 Å². The SMILES string of the molecule is CCCn1ccnc1-c1n(CCC)cc[n+]1CCC.F[P-](F)(F)(F)(F)F. The Kier molecular flexibility index (Phi) is 6.55. The van der Waals surface area contributed by atoms with Gasteiger partial charge in [-0.05, 0) is 19.3 Å². The van der Waals surface area contributed by atoms with Crippen molar-refractivity contribution in [3.63, 3.8) is 0 Å². The van der Waals surface area contributed by atoms with Crippen LogP contribution in [0.25, 0.3) is 11.6 Å². The van der Waals surface area contributed by atoms with Crippen LogP contribution in [-0.2, 0) is 19.6 Å². The molecular formula is C15H25F6N4P. The molecule has 2 aromatic heterocycles. The summed E-state index contributed by atoms with van der Waals surface area (Å²) in [5, 5.41) is 0. The van der Waals surface area contributed by atoms with E-state index < -0.39 is 7.81 Å². The van der Waals surface area contributed by atoms with Crippen LogP contribution in [0, 0.1) is 0 Å². The van der Waals surface area contributed by atoms with Gasteiger partial charge in [0.05, 0.1) is 13.1 Å². The molecular weight excluding hydrogens is 381 g/mol. The number of aryl methyl sites for hydroxylation is 3. The fourth-order valence-corrected chi connectivity index (χ4v) is 2.50. The van der Waals surface area contributed by atoms with Gasteiger partial charge in [-0.3, -0.25) is 0 Å². The predicted molar refractivity (Wildman–Crippen MR) is 90.3 cm³/mol. The van der Waals surface area contributed by atoms with Crippen molar-refractivity contribution in [3.05, 3.63) is 24.8 Å². The number of halogens is 6. The Morgan fingerprint density at radius 3 is 1.92 bits per heavy atom. The summed E-state index contributed by atoms with van der Waals surface area (Å²) < 4.78 is 66.1. The van der Waals surface area contributed by atoms with Gasteiger partial charge in [0.1, 0.15) is 12.4 Å². The van der Waals surface area contributed by atoms with Crippen LogP contribution in [0.3, 0.4) is 0 Å². The van der Waals surface area contributed by atoms with Crippen LogP contribution in [0.15, 0.2) is 24.8 Å². The van der Waals surface area contributed by atoms with E-state index in [-0.39, 0.29) is 0 Å². The average Bonchev–Trinajstić information content (AvgIpc) is 3.04. The van der Waals surface area contributed by atoms with E-state index in [9.17, 15) is 25.2 Å². The van der Waals surface area contributed by atoms with Gasteiger partial charge in [0.2, 0.25) is 5.82 Å².